The van der Waals surface area contributed by atoms with E-state index in [-0.39, 0.29) is 6.04 Å². The summed E-state index contributed by atoms with van der Waals surface area (Å²) >= 11 is 0. The van der Waals surface area contributed by atoms with Crippen LogP contribution in [0.25, 0.3) is 0 Å². The number of aryl methyl sites for hydroxylation is 1. The summed E-state index contributed by atoms with van der Waals surface area (Å²) in [5.41, 5.74) is 0. The van der Waals surface area contributed by atoms with Gasteiger partial charge >= 0.3 is 0 Å². The van der Waals surface area contributed by atoms with E-state index in [2.05, 4.69) is 45.6 Å². The monoisotopic (exact) mass is 391 g/mol. The average molecular weight is 392 g/mol. The molecule has 158 valence electrons. The van der Waals surface area contributed by atoms with Crippen LogP contribution in [0.15, 0.2) is 4.52 Å². The molecule has 1 aromatic rings. The molecule has 28 heavy (non-hydrogen) atoms. The maximum Gasteiger partial charge on any atom is 0.245 e. The molecule has 2 fully saturated rings. The molecule has 0 aromatic carbocycles. The number of amides is 1. The van der Waals surface area contributed by atoms with Crippen molar-refractivity contribution in [2.24, 2.45) is 11.8 Å². The minimum absolute atomic E-state index is 0.00279. The summed E-state index contributed by atoms with van der Waals surface area (Å²) in [5.74, 6) is 2.67. The van der Waals surface area contributed by atoms with Gasteiger partial charge in [0.2, 0.25) is 11.8 Å². The van der Waals surface area contributed by atoms with Crippen LogP contribution >= 0.6 is 0 Å². The summed E-state index contributed by atoms with van der Waals surface area (Å²) in [6.07, 6.45) is 3.95. The molecule has 1 amide bonds. The highest BCUT2D eigenvalue weighted by molar-refractivity contribution is 5.76. The van der Waals surface area contributed by atoms with Gasteiger partial charge in [0.05, 0.1) is 0 Å². The van der Waals surface area contributed by atoms with Crippen molar-refractivity contribution in [3.8, 4) is 0 Å². The molecule has 1 aromatic heterocycles. The SMILES string of the molecule is CCN1CCC(CC(=O)N2CCCN(CC(C)C)C(c3nc(C)no3)C2)CC1. The smallest absolute Gasteiger partial charge is 0.245 e. The Kier molecular flexibility index (Phi) is 7.46. The summed E-state index contributed by atoms with van der Waals surface area (Å²) in [4.78, 5) is 24.6. The average Bonchev–Trinajstić information content (AvgIpc) is 2.98. The number of rotatable bonds is 6. The summed E-state index contributed by atoms with van der Waals surface area (Å²) in [7, 11) is 0. The molecule has 0 N–H and O–H groups in total. The van der Waals surface area contributed by atoms with E-state index < -0.39 is 0 Å². The first-order chi connectivity index (χ1) is 13.5. The first-order valence-corrected chi connectivity index (χ1v) is 11.0. The zero-order valence-electron chi connectivity index (χ0n) is 18.1. The fourth-order valence-electron chi connectivity index (χ4n) is 4.52. The Bertz CT molecular complexity index is 624. The van der Waals surface area contributed by atoms with Gasteiger partial charge in [-0.1, -0.05) is 25.9 Å². The number of carbonyl (C=O) groups is 1. The molecule has 2 saturated heterocycles. The first kappa shape index (κ1) is 21.2. The van der Waals surface area contributed by atoms with Crippen molar-refractivity contribution in [3.63, 3.8) is 0 Å². The molecule has 2 aliphatic rings. The predicted molar refractivity (Wildman–Crippen MR) is 109 cm³/mol. The number of aromatic nitrogens is 2. The number of hydrogen-bond acceptors (Lipinski definition) is 6. The van der Waals surface area contributed by atoms with E-state index in [1.807, 2.05) is 6.92 Å². The summed E-state index contributed by atoms with van der Waals surface area (Å²) in [6.45, 7) is 15.3. The maximum atomic E-state index is 13.1. The molecular formula is C21H37N5O2. The zero-order valence-corrected chi connectivity index (χ0v) is 18.1. The Balaban J connectivity index is 1.65. The molecule has 2 aliphatic heterocycles. The molecule has 1 atom stereocenters. The zero-order chi connectivity index (χ0) is 20.1. The second kappa shape index (κ2) is 9.83. The normalized spacial score (nSPS) is 23.3. The van der Waals surface area contributed by atoms with Gasteiger partial charge in [-0.05, 0) is 57.7 Å². The second-order valence-corrected chi connectivity index (χ2v) is 8.86. The Hall–Kier alpha value is -1.47. The molecule has 3 heterocycles. The number of hydrogen-bond donors (Lipinski definition) is 0. The van der Waals surface area contributed by atoms with Crippen LogP contribution in [0, 0.1) is 18.8 Å². The summed E-state index contributed by atoms with van der Waals surface area (Å²) in [6, 6.07) is -0.00279. The largest absolute Gasteiger partial charge is 0.341 e. The lowest BCUT2D eigenvalue weighted by atomic mass is 9.93. The number of likely N-dealkylation sites (tertiary alicyclic amines) is 1. The second-order valence-electron chi connectivity index (χ2n) is 8.86. The van der Waals surface area contributed by atoms with Crippen LogP contribution in [0.3, 0.4) is 0 Å². The third kappa shape index (κ3) is 5.54. The van der Waals surface area contributed by atoms with Gasteiger partial charge in [0.1, 0.15) is 6.04 Å². The highest BCUT2D eigenvalue weighted by Crippen LogP contribution is 2.27. The molecule has 7 nitrogen and oxygen atoms in total. The van der Waals surface area contributed by atoms with Crippen molar-refractivity contribution >= 4 is 5.91 Å². The fourth-order valence-corrected chi connectivity index (χ4v) is 4.52. The van der Waals surface area contributed by atoms with Crippen LogP contribution in [-0.4, -0.2) is 76.6 Å². The van der Waals surface area contributed by atoms with Crippen molar-refractivity contribution in [1.82, 2.24) is 24.8 Å². The minimum Gasteiger partial charge on any atom is -0.341 e. The predicted octanol–water partition coefficient (Wildman–Crippen LogP) is 2.73. The van der Waals surface area contributed by atoms with Gasteiger partial charge in [-0.2, -0.15) is 4.98 Å². The standard InChI is InChI=1S/C21H37N5O2/c1-5-24-11-7-18(8-12-24)13-20(27)26-10-6-9-25(14-16(2)3)19(15-26)21-22-17(4)23-28-21/h16,18-19H,5-15H2,1-4H3. The molecule has 0 saturated carbocycles. The van der Waals surface area contributed by atoms with Crippen molar-refractivity contribution < 1.29 is 9.32 Å². The Morgan fingerprint density at radius 3 is 2.57 bits per heavy atom. The van der Waals surface area contributed by atoms with Gasteiger partial charge in [0, 0.05) is 32.6 Å². The van der Waals surface area contributed by atoms with E-state index in [0.29, 0.717) is 42.4 Å². The third-order valence-corrected chi connectivity index (χ3v) is 6.11. The fraction of sp³-hybridized carbons (Fsp3) is 0.857. The minimum atomic E-state index is -0.00279. The van der Waals surface area contributed by atoms with Crippen LogP contribution in [-0.2, 0) is 4.79 Å². The Morgan fingerprint density at radius 1 is 1.21 bits per heavy atom. The van der Waals surface area contributed by atoms with E-state index in [4.69, 9.17) is 4.52 Å². The van der Waals surface area contributed by atoms with Crippen LogP contribution < -0.4 is 0 Å². The molecule has 7 heteroatoms. The molecule has 1 unspecified atom stereocenters. The molecule has 3 rings (SSSR count). The first-order valence-electron chi connectivity index (χ1n) is 11.0. The molecule has 0 radical (unpaired) electrons. The van der Waals surface area contributed by atoms with Crippen molar-refractivity contribution in [2.45, 2.75) is 59.4 Å². The van der Waals surface area contributed by atoms with Crippen molar-refractivity contribution in [3.05, 3.63) is 11.7 Å². The van der Waals surface area contributed by atoms with Gasteiger partial charge < -0.3 is 14.3 Å². The van der Waals surface area contributed by atoms with Gasteiger partial charge in [-0.3, -0.25) is 9.69 Å². The maximum absolute atomic E-state index is 13.1. The van der Waals surface area contributed by atoms with Gasteiger partial charge in [-0.25, -0.2) is 0 Å². The van der Waals surface area contributed by atoms with Crippen LogP contribution in [0.1, 0.15) is 64.2 Å². The topological polar surface area (TPSA) is 65.7 Å². The third-order valence-electron chi connectivity index (χ3n) is 6.11. The van der Waals surface area contributed by atoms with Crippen LogP contribution in [0.4, 0.5) is 0 Å². The number of piperidine rings is 1. The van der Waals surface area contributed by atoms with Gasteiger partial charge in [0.25, 0.3) is 0 Å². The number of nitrogens with zero attached hydrogens (tertiary/aromatic N) is 5. The van der Waals surface area contributed by atoms with Crippen LogP contribution in [0.5, 0.6) is 0 Å². The molecule has 0 aliphatic carbocycles. The summed E-state index contributed by atoms with van der Waals surface area (Å²) < 4.78 is 5.53. The van der Waals surface area contributed by atoms with E-state index in [0.717, 1.165) is 58.5 Å². The lowest BCUT2D eigenvalue weighted by molar-refractivity contribution is -0.133. The Morgan fingerprint density at radius 2 is 1.96 bits per heavy atom. The molecule has 0 spiro atoms. The van der Waals surface area contributed by atoms with E-state index in [1.54, 1.807) is 0 Å². The quantitative estimate of drug-likeness (QED) is 0.743. The Labute approximate surface area is 169 Å². The van der Waals surface area contributed by atoms with E-state index in [9.17, 15) is 4.79 Å². The van der Waals surface area contributed by atoms with Crippen molar-refractivity contribution in [1.29, 1.82) is 0 Å². The van der Waals surface area contributed by atoms with Crippen molar-refractivity contribution in [2.75, 3.05) is 45.8 Å². The van der Waals surface area contributed by atoms with Gasteiger partial charge in [-0.15, -0.1) is 0 Å². The van der Waals surface area contributed by atoms with Crippen LogP contribution in [0.2, 0.25) is 0 Å². The van der Waals surface area contributed by atoms with Gasteiger partial charge in [0.15, 0.2) is 5.82 Å². The molecule has 0 bridgehead atoms. The number of carbonyl (C=O) groups excluding carboxylic acids is 1. The highest BCUT2D eigenvalue weighted by Gasteiger charge is 2.33. The van der Waals surface area contributed by atoms with E-state index >= 15 is 0 Å². The highest BCUT2D eigenvalue weighted by atomic mass is 16.5. The molecular weight excluding hydrogens is 354 g/mol. The lowest BCUT2D eigenvalue weighted by Crippen LogP contribution is -2.40. The van der Waals surface area contributed by atoms with E-state index in [1.165, 1.54) is 0 Å². The lowest BCUT2D eigenvalue weighted by Gasteiger charge is -2.33. The summed E-state index contributed by atoms with van der Waals surface area (Å²) in [5, 5.41) is 3.99.